The highest BCUT2D eigenvalue weighted by atomic mass is 35.5. The van der Waals surface area contributed by atoms with Crippen LogP contribution in [0.4, 0.5) is 5.69 Å². The Bertz CT molecular complexity index is 612. The fourth-order valence-corrected chi connectivity index (χ4v) is 3.74. The van der Waals surface area contributed by atoms with E-state index in [0.717, 1.165) is 23.6 Å². The first-order valence-electron chi connectivity index (χ1n) is 7.02. The van der Waals surface area contributed by atoms with E-state index in [2.05, 4.69) is 48.6 Å². The van der Waals surface area contributed by atoms with E-state index >= 15 is 0 Å². The van der Waals surface area contributed by atoms with Crippen LogP contribution < -0.4 is 5.32 Å². The smallest absolute Gasteiger partial charge is 0.0480 e. The summed E-state index contributed by atoms with van der Waals surface area (Å²) in [5.41, 5.74) is 4.06. The molecule has 1 nitrogen and oxygen atoms in total. The van der Waals surface area contributed by atoms with Crippen molar-refractivity contribution in [3.63, 3.8) is 0 Å². The van der Waals surface area contributed by atoms with E-state index in [4.69, 9.17) is 11.6 Å². The highest BCUT2D eigenvalue weighted by Gasteiger charge is 2.21. The van der Waals surface area contributed by atoms with Crippen molar-refractivity contribution in [2.24, 2.45) is 0 Å². The minimum Gasteiger partial charge on any atom is -0.381 e. The number of para-hydroxylation sites is 1. The van der Waals surface area contributed by atoms with Crippen LogP contribution in [-0.4, -0.2) is 11.8 Å². The Kier molecular flexibility index (Phi) is 4.23. The molecule has 0 amide bonds. The highest BCUT2D eigenvalue weighted by Crippen LogP contribution is 2.31. The molecule has 20 heavy (non-hydrogen) atoms. The molecule has 0 spiro atoms. The van der Waals surface area contributed by atoms with Gasteiger partial charge >= 0.3 is 0 Å². The molecule has 2 aromatic carbocycles. The molecule has 3 heteroatoms. The van der Waals surface area contributed by atoms with Crippen LogP contribution >= 0.6 is 23.4 Å². The predicted molar refractivity (Wildman–Crippen MR) is 89.1 cm³/mol. The summed E-state index contributed by atoms with van der Waals surface area (Å²) in [7, 11) is 0. The summed E-state index contributed by atoms with van der Waals surface area (Å²) in [6.45, 7) is 2.19. The van der Waals surface area contributed by atoms with Crippen LogP contribution in [0.2, 0.25) is 5.02 Å². The molecule has 0 saturated heterocycles. The normalized spacial score (nSPS) is 17.0. The van der Waals surface area contributed by atoms with E-state index in [1.807, 2.05) is 17.8 Å². The lowest BCUT2D eigenvalue weighted by Crippen LogP contribution is -2.19. The van der Waals surface area contributed by atoms with Gasteiger partial charge in [-0.1, -0.05) is 36.7 Å². The van der Waals surface area contributed by atoms with Crippen LogP contribution in [0.15, 0.2) is 47.4 Å². The van der Waals surface area contributed by atoms with Gasteiger partial charge in [0.2, 0.25) is 0 Å². The molecular weight excluding hydrogens is 286 g/mol. The molecule has 1 atom stereocenters. The van der Waals surface area contributed by atoms with E-state index in [0.29, 0.717) is 6.04 Å². The van der Waals surface area contributed by atoms with Crippen LogP contribution in [-0.2, 0) is 12.8 Å². The maximum atomic E-state index is 6.07. The number of rotatable bonds is 4. The quantitative estimate of drug-likeness (QED) is 0.795. The Hall–Kier alpha value is -1.12. The molecule has 1 aliphatic carbocycles. The first kappa shape index (κ1) is 13.8. The van der Waals surface area contributed by atoms with Crippen molar-refractivity contribution >= 4 is 29.1 Å². The predicted octanol–water partition coefficient (Wildman–Crippen LogP) is 5.03. The second-order valence-electron chi connectivity index (χ2n) is 5.09. The maximum absolute atomic E-state index is 6.07. The Labute approximate surface area is 129 Å². The third-order valence-electron chi connectivity index (χ3n) is 3.65. The van der Waals surface area contributed by atoms with Crippen molar-refractivity contribution in [3.05, 3.63) is 58.6 Å². The van der Waals surface area contributed by atoms with Crippen LogP contribution in [0.25, 0.3) is 0 Å². The SMILES string of the molecule is CCSc1ccccc1NC1Cc2ccc(Cl)cc2C1. The average molecular weight is 304 g/mol. The van der Waals surface area contributed by atoms with Gasteiger partial charge < -0.3 is 5.32 Å². The van der Waals surface area contributed by atoms with Crippen LogP contribution in [0, 0.1) is 0 Å². The van der Waals surface area contributed by atoms with Crippen LogP contribution in [0.3, 0.4) is 0 Å². The van der Waals surface area contributed by atoms with Gasteiger partial charge in [0.25, 0.3) is 0 Å². The van der Waals surface area contributed by atoms with Gasteiger partial charge in [0.1, 0.15) is 0 Å². The first-order chi connectivity index (χ1) is 9.76. The van der Waals surface area contributed by atoms with Crippen LogP contribution in [0.1, 0.15) is 18.1 Å². The molecule has 3 rings (SSSR count). The molecule has 1 unspecified atom stereocenters. The maximum Gasteiger partial charge on any atom is 0.0480 e. The van der Waals surface area contributed by atoms with Gasteiger partial charge in [-0.25, -0.2) is 0 Å². The summed E-state index contributed by atoms with van der Waals surface area (Å²) >= 11 is 7.96. The number of thioether (sulfide) groups is 1. The Morgan fingerprint density at radius 2 is 1.95 bits per heavy atom. The first-order valence-corrected chi connectivity index (χ1v) is 8.38. The number of benzene rings is 2. The Morgan fingerprint density at radius 1 is 1.15 bits per heavy atom. The van der Waals surface area contributed by atoms with Gasteiger partial charge in [-0.3, -0.25) is 0 Å². The molecule has 0 radical (unpaired) electrons. The van der Waals surface area contributed by atoms with Gasteiger partial charge in [-0.05, 0) is 54.0 Å². The van der Waals surface area contributed by atoms with Crippen molar-refractivity contribution in [3.8, 4) is 0 Å². The fraction of sp³-hybridized carbons (Fsp3) is 0.294. The second kappa shape index (κ2) is 6.11. The lowest BCUT2D eigenvalue weighted by molar-refractivity contribution is 0.771. The molecule has 1 N–H and O–H groups in total. The topological polar surface area (TPSA) is 12.0 Å². The minimum atomic E-state index is 0.474. The summed E-state index contributed by atoms with van der Waals surface area (Å²) in [6, 6.07) is 15.3. The van der Waals surface area contributed by atoms with Crippen molar-refractivity contribution in [2.75, 3.05) is 11.1 Å². The monoisotopic (exact) mass is 303 g/mol. The number of hydrogen-bond donors (Lipinski definition) is 1. The van der Waals surface area contributed by atoms with Crippen molar-refractivity contribution < 1.29 is 0 Å². The largest absolute Gasteiger partial charge is 0.381 e. The van der Waals surface area contributed by atoms with Gasteiger partial charge in [0, 0.05) is 21.6 Å². The highest BCUT2D eigenvalue weighted by molar-refractivity contribution is 7.99. The molecule has 0 bridgehead atoms. The molecule has 104 valence electrons. The van der Waals surface area contributed by atoms with E-state index in [-0.39, 0.29) is 0 Å². The summed E-state index contributed by atoms with van der Waals surface area (Å²) in [5.74, 6) is 1.10. The van der Waals surface area contributed by atoms with Gasteiger partial charge in [0.05, 0.1) is 0 Å². The molecule has 0 heterocycles. The Morgan fingerprint density at radius 3 is 2.80 bits per heavy atom. The summed E-state index contributed by atoms with van der Waals surface area (Å²) in [6.07, 6.45) is 2.14. The minimum absolute atomic E-state index is 0.474. The van der Waals surface area contributed by atoms with Crippen molar-refractivity contribution in [2.45, 2.75) is 30.7 Å². The average Bonchev–Trinajstić information content (AvgIpc) is 2.82. The lowest BCUT2D eigenvalue weighted by Gasteiger charge is -2.16. The van der Waals surface area contributed by atoms with Crippen LogP contribution in [0.5, 0.6) is 0 Å². The van der Waals surface area contributed by atoms with Gasteiger partial charge in [-0.15, -0.1) is 11.8 Å². The number of anilines is 1. The number of nitrogens with one attached hydrogen (secondary N) is 1. The molecular formula is C17H18ClNS. The standard InChI is InChI=1S/C17H18ClNS/c1-2-20-17-6-4-3-5-16(17)19-15-10-12-7-8-14(18)9-13(12)11-15/h3-9,15,19H,2,10-11H2,1H3. The molecule has 2 aromatic rings. The lowest BCUT2D eigenvalue weighted by atomic mass is 10.1. The summed E-state index contributed by atoms with van der Waals surface area (Å²) in [4.78, 5) is 1.34. The summed E-state index contributed by atoms with van der Waals surface area (Å²) in [5, 5.41) is 4.54. The van der Waals surface area contributed by atoms with Gasteiger partial charge in [-0.2, -0.15) is 0 Å². The van der Waals surface area contributed by atoms with E-state index < -0.39 is 0 Å². The summed E-state index contributed by atoms with van der Waals surface area (Å²) < 4.78 is 0. The van der Waals surface area contributed by atoms with E-state index in [1.165, 1.54) is 21.7 Å². The van der Waals surface area contributed by atoms with Gasteiger partial charge in [0.15, 0.2) is 0 Å². The number of hydrogen-bond acceptors (Lipinski definition) is 2. The zero-order valence-corrected chi connectivity index (χ0v) is 13.1. The molecule has 0 fully saturated rings. The molecule has 1 aliphatic rings. The van der Waals surface area contributed by atoms with E-state index in [9.17, 15) is 0 Å². The molecule has 0 aromatic heterocycles. The van der Waals surface area contributed by atoms with Crippen molar-refractivity contribution in [1.82, 2.24) is 0 Å². The van der Waals surface area contributed by atoms with Crippen molar-refractivity contribution in [1.29, 1.82) is 0 Å². The molecule has 0 aliphatic heterocycles. The Balaban J connectivity index is 1.75. The fourth-order valence-electron chi connectivity index (χ4n) is 2.78. The molecule has 0 saturated carbocycles. The third-order valence-corrected chi connectivity index (χ3v) is 4.84. The zero-order valence-electron chi connectivity index (χ0n) is 11.5. The zero-order chi connectivity index (χ0) is 13.9. The third kappa shape index (κ3) is 2.97. The number of fused-ring (bicyclic) bond motifs is 1. The van der Waals surface area contributed by atoms with E-state index in [1.54, 1.807) is 0 Å². The number of halogens is 1. The second-order valence-corrected chi connectivity index (χ2v) is 6.83.